The quantitative estimate of drug-likeness (QED) is 0.882. The van der Waals surface area contributed by atoms with Crippen LogP contribution in [0.3, 0.4) is 0 Å². The standard InChI is InChI=1S/C20H23N3/c1-22-13-19(12-21)16-8-9-20-17(10-16)11-18(14-23(20)2)15-6-4-3-5-7-15/h3-10,12-13,18H,11,14,21H2,1-2H3. The number of benzene rings is 2. The smallest absolute Gasteiger partial charge is 0.0397 e. The van der Waals surface area contributed by atoms with Crippen molar-refractivity contribution in [3.63, 3.8) is 0 Å². The van der Waals surface area contributed by atoms with Crippen molar-refractivity contribution in [2.75, 3.05) is 25.5 Å². The van der Waals surface area contributed by atoms with Gasteiger partial charge in [-0.05, 0) is 35.2 Å². The van der Waals surface area contributed by atoms with Gasteiger partial charge in [-0.1, -0.05) is 36.4 Å². The number of nitrogens with two attached hydrogens (primary N) is 1. The van der Waals surface area contributed by atoms with Crippen LogP contribution < -0.4 is 10.6 Å². The highest BCUT2D eigenvalue weighted by atomic mass is 15.1. The van der Waals surface area contributed by atoms with Crippen LogP contribution in [0.1, 0.15) is 22.6 Å². The largest absolute Gasteiger partial charge is 0.404 e. The van der Waals surface area contributed by atoms with Crippen LogP contribution in [-0.2, 0) is 6.42 Å². The molecule has 0 bridgehead atoms. The molecule has 0 amide bonds. The van der Waals surface area contributed by atoms with E-state index in [2.05, 4.69) is 65.5 Å². The second kappa shape index (κ2) is 6.69. The number of allylic oxidation sites excluding steroid dienone is 1. The molecule has 2 aromatic carbocycles. The van der Waals surface area contributed by atoms with Crippen molar-refractivity contribution in [2.45, 2.75) is 12.3 Å². The van der Waals surface area contributed by atoms with Crippen molar-refractivity contribution in [2.24, 2.45) is 10.7 Å². The van der Waals surface area contributed by atoms with E-state index in [9.17, 15) is 0 Å². The highest BCUT2D eigenvalue weighted by Crippen LogP contribution is 2.35. The summed E-state index contributed by atoms with van der Waals surface area (Å²) in [6.07, 6.45) is 4.48. The summed E-state index contributed by atoms with van der Waals surface area (Å²) in [6.45, 7) is 1.05. The van der Waals surface area contributed by atoms with Gasteiger partial charge in [-0.25, -0.2) is 0 Å². The van der Waals surface area contributed by atoms with E-state index in [1.54, 1.807) is 13.2 Å². The van der Waals surface area contributed by atoms with E-state index in [1.807, 2.05) is 6.21 Å². The minimum absolute atomic E-state index is 0.522. The van der Waals surface area contributed by atoms with Crippen LogP contribution in [0.15, 0.2) is 59.7 Å². The number of hydrogen-bond donors (Lipinski definition) is 1. The molecule has 0 aromatic heterocycles. The Kier molecular flexibility index (Phi) is 4.47. The molecule has 1 aliphatic rings. The molecule has 118 valence electrons. The van der Waals surface area contributed by atoms with Crippen molar-refractivity contribution in [3.8, 4) is 0 Å². The second-order valence-electron chi connectivity index (χ2n) is 6.05. The Bertz CT molecular complexity index is 732. The monoisotopic (exact) mass is 305 g/mol. The Morgan fingerprint density at radius 3 is 2.70 bits per heavy atom. The van der Waals surface area contributed by atoms with E-state index >= 15 is 0 Å². The van der Waals surface area contributed by atoms with Crippen LogP contribution in [0.5, 0.6) is 0 Å². The molecule has 0 aliphatic carbocycles. The summed E-state index contributed by atoms with van der Waals surface area (Å²) in [5.41, 5.74) is 11.9. The molecule has 23 heavy (non-hydrogen) atoms. The molecule has 3 nitrogen and oxygen atoms in total. The van der Waals surface area contributed by atoms with Crippen LogP contribution in [0.25, 0.3) is 5.57 Å². The zero-order valence-corrected chi connectivity index (χ0v) is 13.7. The third-order valence-corrected chi connectivity index (χ3v) is 4.50. The topological polar surface area (TPSA) is 41.6 Å². The van der Waals surface area contributed by atoms with Crippen LogP contribution in [0.2, 0.25) is 0 Å². The number of anilines is 1. The molecule has 3 heteroatoms. The summed E-state index contributed by atoms with van der Waals surface area (Å²) in [7, 11) is 3.93. The van der Waals surface area contributed by atoms with Crippen LogP contribution in [0, 0.1) is 0 Å². The first-order valence-corrected chi connectivity index (χ1v) is 7.96. The molecule has 1 heterocycles. The Balaban J connectivity index is 1.96. The van der Waals surface area contributed by atoms with Gasteiger partial charge < -0.3 is 10.6 Å². The molecule has 2 N–H and O–H groups in total. The Labute approximate surface area is 138 Å². The molecule has 3 rings (SSSR count). The van der Waals surface area contributed by atoms with Gasteiger partial charge in [-0.2, -0.15) is 0 Å². The predicted octanol–water partition coefficient (Wildman–Crippen LogP) is 3.46. The van der Waals surface area contributed by atoms with Crippen LogP contribution >= 0.6 is 0 Å². The van der Waals surface area contributed by atoms with Crippen LogP contribution in [0.4, 0.5) is 5.69 Å². The normalized spacial score (nSPS) is 18.3. The third-order valence-electron chi connectivity index (χ3n) is 4.50. The lowest BCUT2D eigenvalue weighted by atomic mass is 9.86. The molecule has 2 aromatic rings. The first kappa shape index (κ1) is 15.3. The summed E-state index contributed by atoms with van der Waals surface area (Å²) in [4.78, 5) is 6.44. The maximum atomic E-state index is 5.75. The lowest BCUT2D eigenvalue weighted by molar-refractivity contribution is 0.638. The summed E-state index contributed by atoms with van der Waals surface area (Å²) >= 11 is 0. The summed E-state index contributed by atoms with van der Waals surface area (Å²) in [6, 6.07) is 17.3. The first-order chi connectivity index (χ1) is 11.2. The fraction of sp³-hybridized carbons (Fsp3) is 0.250. The van der Waals surface area contributed by atoms with Crippen molar-refractivity contribution in [1.82, 2.24) is 0 Å². The van der Waals surface area contributed by atoms with Gasteiger partial charge in [0.15, 0.2) is 0 Å². The van der Waals surface area contributed by atoms with Gasteiger partial charge in [0.25, 0.3) is 0 Å². The molecule has 0 saturated carbocycles. The van der Waals surface area contributed by atoms with Crippen molar-refractivity contribution in [1.29, 1.82) is 0 Å². The fourth-order valence-electron chi connectivity index (χ4n) is 3.36. The number of fused-ring (bicyclic) bond motifs is 1. The lowest BCUT2D eigenvalue weighted by Crippen LogP contribution is -2.31. The van der Waals surface area contributed by atoms with Gasteiger partial charge in [-0.3, -0.25) is 4.99 Å². The highest BCUT2D eigenvalue weighted by molar-refractivity contribution is 6.09. The van der Waals surface area contributed by atoms with Crippen molar-refractivity contribution < 1.29 is 0 Å². The maximum absolute atomic E-state index is 5.75. The minimum Gasteiger partial charge on any atom is -0.404 e. The third kappa shape index (κ3) is 3.14. The molecular formula is C20H23N3. The van der Waals surface area contributed by atoms with Gasteiger partial charge >= 0.3 is 0 Å². The first-order valence-electron chi connectivity index (χ1n) is 7.96. The number of nitrogens with zero attached hydrogens (tertiary/aromatic N) is 2. The van der Waals surface area contributed by atoms with E-state index in [1.165, 1.54) is 16.8 Å². The Morgan fingerprint density at radius 1 is 1.22 bits per heavy atom. The van der Waals surface area contributed by atoms with Crippen molar-refractivity contribution in [3.05, 3.63) is 71.4 Å². The molecule has 0 saturated heterocycles. The molecular weight excluding hydrogens is 282 g/mol. The Morgan fingerprint density at radius 2 is 2.00 bits per heavy atom. The number of rotatable bonds is 3. The van der Waals surface area contributed by atoms with Gasteiger partial charge in [-0.15, -0.1) is 0 Å². The molecule has 0 spiro atoms. The van der Waals surface area contributed by atoms with Gasteiger partial charge in [0.2, 0.25) is 0 Å². The average molecular weight is 305 g/mol. The van der Waals surface area contributed by atoms with E-state index in [0.717, 1.165) is 24.1 Å². The second-order valence-corrected chi connectivity index (χ2v) is 6.05. The zero-order valence-electron chi connectivity index (χ0n) is 13.7. The number of aliphatic imine (C=N–C) groups is 1. The zero-order chi connectivity index (χ0) is 16.2. The Hall–Kier alpha value is -2.55. The molecule has 1 unspecified atom stereocenters. The minimum atomic E-state index is 0.522. The highest BCUT2D eigenvalue weighted by Gasteiger charge is 2.23. The van der Waals surface area contributed by atoms with E-state index < -0.39 is 0 Å². The number of likely N-dealkylation sites (N-methyl/N-ethyl adjacent to an activating group) is 1. The summed E-state index contributed by atoms with van der Waals surface area (Å²) in [5, 5.41) is 0. The van der Waals surface area contributed by atoms with Crippen LogP contribution in [-0.4, -0.2) is 26.9 Å². The van der Waals surface area contributed by atoms with E-state index in [4.69, 9.17) is 5.73 Å². The molecule has 0 fully saturated rings. The molecule has 1 aliphatic heterocycles. The molecule has 1 atom stereocenters. The van der Waals surface area contributed by atoms with Gasteiger partial charge in [0.05, 0.1) is 0 Å². The van der Waals surface area contributed by atoms with E-state index in [-0.39, 0.29) is 0 Å². The van der Waals surface area contributed by atoms with Gasteiger partial charge in [0, 0.05) is 50.2 Å². The summed E-state index contributed by atoms with van der Waals surface area (Å²) in [5.74, 6) is 0.522. The number of hydrogen-bond acceptors (Lipinski definition) is 3. The average Bonchev–Trinajstić information content (AvgIpc) is 2.60. The predicted molar refractivity (Wildman–Crippen MR) is 99.2 cm³/mol. The fourth-order valence-corrected chi connectivity index (χ4v) is 3.36. The maximum Gasteiger partial charge on any atom is 0.0397 e. The summed E-state index contributed by atoms with van der Waals surface area (Å²) < 4.78 is 0. The SMILES string of the molecule is CN=CC(=CN)c1ccc2c(c1)CC(c1ccccc1)CN2C. The van der Waals surface area contributed by atoms with Crippen molar-refractivity contribution >= 4 is 17.5 Å². The van der Waals surface area contributed by atoms with E-state index in [0.29, 0.717) is 5.92 Å². The molecule has 0 radical (unpaired) electrons. The van der Waals surface area contributed by atoms with Gasteiger partial charge in [0.1, 0.15) is 0 Å². The lowest BCUT2D eigenvalue weighted by Gasteiger charge is -2.34.